The topological polar surface area (TPSA) is 75.3 Å². The van der Waals surface area contributed by atoms with Gasteiger partial charge in [-0.05, 0) is 46.4 Å². The van der Waals surface area contributed by atoms with Crippen molar-refractivity contribution in [3.05, 3.63) is 24.5 Å². The number of aliphatic imine (C=N–C) groups is 2. The summed E-state index contributed by atoms with van der Waals surface area (Å²) in [5, 5.41) is 4.19. The fourth-order valence-electron chi connectivity index (χ4n) is 2.97. The van der Waals surface area contributed by atoms with E-state index in [1.54, 1.807) is 29.9 Å². The third kappa shape index (κ3) is 5.67. The number of amides is 1. The van der Waals surface area contributed by atoms with E-state index in [1.165, 1.54) is 0 Å². The molecule has 2 rings (SSSR count). The highest BCUT2D eigenvalue weighted by molar-refractivity contribution is 5.97. The molecule has 1 aromatic rings. The van der Waals surface area contributed by atoms with Gasteiger partial charge in [-0.25, -0.2) is 14.5 Å². The van der Waals surface area contributed by atoms with Gasteiger partial charge in [-0.2, -0.15) is 5.10 Å². The molecule has 2 heterocycles. The second kappa shape index (κ2) is 8.83. The summed E-state index contributed by atoms with van der Waals surface area (Å²) in [5.74, 6) is 1.44. The number of rotatable bonds is 4. The summed E-state index contributed by atoms with van der Waals surface area (Å²) >= 11 is 0. The third-order valence-corrected chi connectivity index (χ3v) is 4.41. The third-order valence-electron chi connectivity index (χ3n) is 4.41. The number of nitrogens with zero attached hydrogens (tertiary/aromatic N) is 6. The molecule has 0 saturated carbocycles. The van der Waals surface area contributed by atoms with Crippen molar-refractivity contribution in [2.45, 2.75) is 45.3 Å². The van der Waals surface area contributed by atoms with Crippen LogP contribution in [0.1, 0.15) is 33.6 Å². The Morgan fingerprint density at radius 2 is 2.04 bits per heavy atom. The Morgan fingerprint density at radius 3 is 2.52 bits per heavy atom. The molecule has 0 bridgehead atoms. The summed E-state index contributed by atoms with van der Waals surface area (Å²) < 4.78 is 7.12. The van der Waals surface area contributed by atoms with Crippen molar-refractivity contribution in [3.8, 4) is 0 Å². The van der Waals surface area contributed by atoms with Crippen LogP contribution in [0.5, 0.6) is 0 Å². The van der Waals surface area contributed by atoms with Crippen LogP contribution in [-0.2, 0) is 4.74 Å². The molecule has 0 aliphatic carbocycles. The number of carbonyl (C=O) groups is 1. The van der Waals surface area contributed by atoms with Gasteiger partial charge in [-0.15, -0.1) is 0 Å². The van der Waals surface area contributed by atoms with Crippen LogP contribution in [0.3, 0.4) is 0 Å². The highest BCUT2D eigenvalue weighted by Gasteiger charge is 2.29. The quantitative estimate of drug-likeness (QED) is 0.600. The molecule has 1 aliphatic rings. The number of ether oxygens (including phenoxy) is 1. The van der Waals surface area contributed by atoms with Crippen LogP contribution in [-0.4, -0.2) is 77.1 Å². The number of amidine groups is 1. The van der Waals surface area contributed by atoms with Gasteiger partial charge in [-0.3, -0.25) is 4.99 Å². The van der Waals surface area contributed by atoms with Crippen LogP contribution in [0.2, 0.25) is 0 Å². The average Bonchev–Trinajstić information content (AvgIpc) is 3.15. The minimum absolute atomic E-state index is 0.154. The first kappa shape index (κ1) is 20.7. The summed E-state index contributed by atoms with van der Waals surface area (Å²) in [6.07, 6.45) is 6.80. The molecule has 0 unspecified atom stereocenters. The largest absolute Gasteiger partial charge is 0.444 e. The van der Waals surface area contributed by atoms with Crippen LogP contribution in [0.15, 0.2) is 34.5 Å². The van der Waals surface area contributed by atoms with Crippen molar-refractivity contribution in [2.75, 3.05) is 27.2 Å². The first-order valence-corrected chi connectivity index (χ1v) is 9.11. The van der Waals surface area contributed by atoms with Gasteiger partial charge in [0.25, 0.3) is 0 Å². The molecule has 148 valence electrons. The van der Waals surface area contributed by atoms with Crippen LogP contribution in [0, 0.1) is 0 Å². The highest BCUT2D eigenvalue weighted by atomic mass is 16.6. The van der Waals surface area contributed by atoms with E-state index in [9.17, 15) is 4.79 Å². The molecule has 8 heteroatoms. The lowest BCUT2D eigenvalue weighted by Crippen LogP contribution is -2.48. The first-order valence-electron chi connectivity index (χ1n) is 9.11. The second-order valence-electron chi connectivity index (χ2n) is 7.50. The number of piperidine rings is 1. The lowest BCUT2D eigenvalue weighted by atomic mass is 10.0. The lowest BCUT2D eigenvalue weighted by Gasteiger charge is -2.38. The maximum atomic E-state index is 12.3. The molecule has 8 nitrogen and oxygen atoms in total. The first-order chi connectivity index (χ1) is 12.7. The fourth-order valence-corrected chi connectivity index (χ4v) is 2.97. The standard InChI is InChI=1S/C19H30N6O2/c1-19(2,3)27-18(26)23(6)15-8-12-24(13-9-15)16(20-4)14-17(21-5)25-11-7-10-22-25/h7,10-11,14-15H,5,8-9,12-13H2,1-4,6H3/b17-14+,20-16?. The molecular formula is C19H30N6O2. The molecule has 1 saturated heterocycles. The van der Waals surface area contributed by atoms with E-state index in [0.717, 1.165) is 31.8 Å². The van der Waals surface area contributed by atoms with Crippen molar-refractivity contribution in [1.82, 2.24) is 19.6 Å². The normalized spacial score (nSPS) is 17.0. The maximum Gasteiger partial charge on any atom is 0.410 e. The van der Waals surface area contributed by atoms with Gasteiger partial charge in [-0.1, -0.05) is 0 Å². The summed E-state index contributed by atoms with van der Waals surface area (Å²) in [7, 11) is 3.56. The zero-order valence-corrected chi connectivity index (χ0v) is 16.9. The molecule has 0 N–H and O–H groups in total. The molecule has 0 radical (unpaired) electrons. The van der Waals surface area contributed by atoms with Crippen LogP contribution in [0.4, 0.5) is 4.79 Å². The SMILES string of the molecule is C=N/C(=C\C(=NC)N1CCC(N(C)C(=O)OC(C)(C)C)CC1)n1cccn1. The molecule has 1 amide bonds. The van der Waals surface area contributed by atoms with Crippen molar-refractivity contribution in [1.29, 1.82) is 0 Å². The molecular weight excluding hydrogens is 344 g/mol. The summed E-state index contributed by atoms with van der Waals surface area (Å²) in [6, 6.07) is 1.99. The minimum Gasteiger partial charge on any atom is -0.444 e. The maximum absolute atomic E-state index is 12.3. The fraction of sp³-hybridized carbons (Fsp3) is 0.579. The van der Waals surface area contributed by atoms with Gasteiger partial charge in [0.2, 0.25) is 0 Å². The molecule has 27 heavy (non-hydrogen) atoms. The zero-order chi connectivity index (χ0) is 20.0. The molecule has 1 fully saturated rings. The number of carbonyl (C=O) groups excluding carboxylic acids is 1. The van der Waals surface area contributed by atoms with Gasteiger partial charge in [0.1, 0.15) is 11.4 Å². The molecule has 1 aliphatic heterocycles. The monoisotopic (exact) mass is 374 g/mol. The predicted molar refractivity (Wildman–Crippen MR) is 108 cm³/mol. The van der Waals surface area contributed by atoms with Gasteiger partial charge in [0.05, 0.1) is 0 Å². The van der Waals surface area contributed by atoms with Gasteiger partial charge in [0, 0.05) is 51.7 Å². The van der Waals surface area contributed by atoms with Crippen LogP contribution < -0.4 is 0 Å². The van der Waals surface area contributed by atoms with Crippen molar-refractivity contribution in [3.63, 3.8) is 0 Å². The van der Waals surface area contributed by atoms with Gasteiger partial charge >= 0.3 is 6.09 Å². The van der Waals surface area contributed by atoms with E-state index in [1.807, 2.05) is 39.1 Å². The van der Waals surface area contributed by atoms with E-state index in [4.69, 9.17) is 4.74 Å². The summed E-state index contributed by atoms with van der Waals surface area (Å²) in [6.45, 7) is 10.8. The zero-order valence-electron chi connectivity index (χ0n) is 16.9. The Bertz CT molecular complexity index is 694. The lowest BCUT2D eigenvalue weighted by molar-refractivity contribution is 0.0175. The van der Waals surface area contributed by atoms with Crippen LogP contribution in [0.25, 0.3) is 5.82 Å². The molecule has 1 aromatic heterocycles. The average molecular weight is 374 g/mol. The summed E-state index contributed by atoms with van der Waals surface area (Å²) in [4.78, 5) is 24.6. The predicted octanol–water partition coefficient (Wildman–Crippen LogP) is 2.74. The minimum atomic E-state index is -0.487. The number of likely N-dealkylation sites (tertiary alicyclic amines) is 1. The van der Waals surface area contributed by atoms with E-state index in [-0.39, 0.29) is 12.1 Å². The van der Waals surface area contributed by atoms with Gasteiger partial charge in [0.15, 0.2) is 5.82 Å². The van der Waals surface area contributed by atoms with Crippen molar-refractivity contribution < 1.29 is 9.53 Å². The summed E-state index contributed by atoms with van der Waals surface area (Å²) in [5.41, 5.74) is -0.487. The molecule has 0 spiro atoms. The van der Waals surface area contributed by atoms with Crippen molar-refractivity contribution in [2.24, 2.45) is 9.98 Å². The Kier molecular flexibility index (Phi) is 6.76. The van der Waals surface area contributed by atoms with Crippen LogP contribution >= 0.6 is 0 Å². The van der Waals surface area contributed by atoms with Crippen molar-refractivity contribution >= 4 is 24.5 Å². The molecule has 0 aromatic carbocycles. The van der Waals surface area contributed by atoms with E-state index >= 15 is 0 Å². The van der Waals surface area contributed by atoms with E-state index in [0.29, 0.717) is 5.82 Å². The smallest absolute Gasteiger partial charge is 0.410 e. The van der Waals surface area contributed by atoms with Gasteiger partial charge < -0.3 is 14.5 Å². The number of hydrogen-bond acceptors (Lipinski definition) is 5. The van der Waals surface area contributed by atoms with E-state index in [2.05, 4.69) is 26.7 Å². The number of aromatic nitrogens is 2. The number of hydrogen-bond donors (Lipinski definition) is 0. The Balaban J connectivity index is 1.99. The Labute approximate surface area is 161 Å². The highest BCUT2D eigenvalue weighted by Crippen LogP contribution is 2.19. The second-order valence-corrected chi connectivity index (χ2v) is 7.50. The molecule has 0 atom stereocenters. The van der Waals surface area contributed by atoms with E-state index < -0.39 is 5.60 Å². The Hall–Kier alpha value is -2.64. The Morgan fingerprint density at radius 1 is 1.37 bits per heavy atom.